The number of methoxy groups -OCH3 is 1. The number of nitrogens with two attached hydrogens (primary N) is 1. The van der Waals surface area contributed by atoms with Crippen LogP contribution in [0.15, 0.2) is 36.4 Å². The largest absolute Gasteiger partial charge is 0.504 e. The molecule has 2 aromatic rings. The Morgan fingerprint density at radius 3 is 2.57 bits per heavy atom. The molecular weight excluding hydrogens is 314 g/mol. The monoisotopic (exact) mass is 335 g/mol. The van der Waals surface area contributed by atoms with Gasteiger partial charge in [0.1, 0.15) is 5.75 Å². The molecule has 2 aromatic carbocycles. The molecule has 0 saturated carbocycles. The molecule has 0 spiro atoms. The lowest BCUT2D eigenvalue weighted by molar-refractivity contribution is 0.317. The molecule has 0 fully saturated rings. The van der Waals surface area contributed by atoms with Gasteiger partial charge in [-0.25, -0.2) is 0 Å². The van der Waals surface area contributed by atoms with E-state index in [0.29, 0.717) is 29.7 Å². The highest BCUT2D eigenvalue weighted by Gasteiger charge is 2.14. The van der Waals surface area contributed by atoms with Gasteiger partial charge in [0, 0.05) is 5.92 Å². The third kappa shape index (κ3) is 4.30. The van der Waals surface area contributed by atoms with Crippen molar-refractivity contribution in [2.45, 2.75) is 19.3 Å². The number of hydrogen-bond donors (Lipinski definition) is 2. The second-order valence-corrected chi connectivity index (χ2v) is 5.67. The number of benzene rings is 2. The van der Waals surface area contributed by atoms with Crippen molar-refractivity contribution < 1.29 is 14.6 Å². The van der Waals surface area contributed by atoms with Crippen molar-refractivity contribution in [2.75, 3.05) is 20.3 Å². The number of rotatable bonds is 7. The van der Waals surface area contributed by atoms with Crippen molar-refractivity contribution in [3.63, 3.8) is 0 Å². The lowest BCUT2D eigenvalue weighted by Crippen LogP contribution is -2.15. The number of ether oxygens (including phenoxy) is 2. The van der Waals surface area contributed by atoms with E-state index >= 15 is 0 Å². The van der Waals surface area contributed by atoms with Crippen LogP contribution >= 0.6 is 11.6 Å². The van der Waals surface area contributed by atoms with Crippen LogP contribution < -0.4 is 15.2 Å². The van der Waals surface area contributed by atoms with Gasteiger partial charge in [-0.15, -0.1) is 0 Å². The Labute approximate surface area is 141 Å². The molecule has 4 nitrogen and oxygen atoms in total. The van der Waals surface area contributed by atoms with Crippen LogP contribution in [0.5, 0.6) is 17.2 Å². The van der Waals surface area contributed by atoms with Gasteiger partial charge < -0.3 is 20.3 Å². The van der Waals surface area contributed by atoms with E-state index in [2.05, 4.69) is 0 Å². The minimum atomic E-state index is 0.123. The molecule has 1 atom stereocenters. The second-order valence-electron chi connectivity index (χ2n) is 5.27. The van der Waals surface area contributed by atoms with Crippen LogP contribution in [0.25, 0.3) is 0 Å². The first kappa shape index (κ1) is 17.4. The van der Waals surface area contributed by atoms with Crippen molar-refractivity contribution in [1.29, 1.82) is 0 Å². The first-order valence-electron chi connectivity index (χ1n) is 7.57. The van der Waals surface area contributed by atoms with E-state index in [0.717, 1.165) is 17.5 Å². The molecule has 0 aromatic heterocycles. The summed E-state index contributed by atoms with van der Waals surface area (Å²) < 4.78 is 10.6. The fourth-order valence-corrected chi connectivity index (χ4v) is 2.78. The molecule has 0 saturated heterocycles. The minimum Gasteiger partial charge on any atom is -0.504 e. The second kappa shape index (κ2) is 8.09. The third-order valence-electron chi connectivity index (χ3n) is 3.74. The maximum Gasteiger partial charge on any atom is 0.161 e. The molecule has 0 amide bonds. The Morgan fingerprint density at radius 2 is 1.96 bits per heavy atom. The molecule has 0 aliphatic heterocycles. The minimum absolute atomic E-state index is 0.123. The van der Waals surface area contributed by atoms with Gasteiger partial charge in [-0.05, 0) is 55.3 Å². The summed E-state index contributed by atoms with van der Waals surface area (Å²) in [6, 6.07) is 11.1. The van der Waals surface area contributed by atoms with Gasteiger partial charge in [0.25, 0.3) is 0 Å². The predicted molar refractivity (Wildman–Crippen MR) is 92.8 cm³/mol. The summed E-state index contributed by atoms with van der Waals surface area (Å²) in [4.78, 5) is 0. The Balaban J connectivity index is 2.22. The zero-order valence-corrected chi connectivity index (χ0v) is 14.1. The third-order valence-corrected chi connectivity index (χ3v) is 4.03. The molecule has 0 heterocycles. The molecule has 0 bridgehead atoms. The zero-order chi connectivity index (χ0) is 16.8. The molecule has 0 aliphatic carbocycles. The van der Waals surface area contributed by atoms with Crippen LogP contribution in [0.1, 0.15) is 24.0 Å². The Bertz CT molecular complexity index is 661. The van der Waals surface area contributed by atoms with E-state index < -0.39 is 0 Å². The average molecular weight is 336 g/mol. The van der Waals surface area contributed by atoms with Crippen LogP contribution in [0.2, 0.25) is 5.02 Å². The van der Waals surface area contributed by atoms with Crippen LogP contribution in [-0.2, 0) is 6.42 Å². The van der Waals surface area contributed by atoms with Crippen LogP contribution in [0.3, 0.4) is 0 Å². The number of phenolic OH excluding ortho intramolecular Hbond substituents is 1. The number of phenols is 1. The summed E-state index contributed by atoms with van der Waals surface area (Å²) in [6.07, 6.45) is 0.736. The predicted octanol–water partition coefficient (Wildman–Crippen LogP) is 3.74. The maximum absolute atomic E-state index is 9.79. The summed E-state index contributed by atoms with van der Waals surface area (Å²) in [6.45, 7) is 2.88. The lowest BCUT2D eigenvalue weighted by Gasteiger charge is -2.17. The highest BCUT2D eigenvalue weighted by molar-refractivity contribution is 6.32. The lowest BCUT2D eigenvalue weighted by atomic mass is 9.92. The standard InChI is InChI=1S/C18H22ClNO3/c1-3-23-18-9-12(4-6-16(18)21)8-14(11-20)13-5-7-17(22-2)15(19)10-13/h4-7,9-10,14,21H,3,8,11,20H2,1-2H3. The van der Waals surface area contributed by atoms with E-state index in [4.69, 9.17) is 26.8 Å². The Kier molecular flexibility index (Phi) is 6.13. The molecule has 3 N–H and O–H groups in total. The molecule has 124 valence electrons. The molecule has 0 aliphatic rings. The highest BCUT2D eigenvalue weighted by atomic mass is 35.5. The first-order valence-corrected chi connectivity index (χ1v) is 7.95. The quantitative estimate of drug-likeness (QED) is 0.809. The van der Waals surface area contributed by atoms with Crippen molar-refractivity contribution in [2.24, 2.45) is 5.73 Å². The van der Waals surface area contributed by atoms with Crippen LogP contribution in [0.4, 0.5) is 0 Å². The van der Waals surface area contributed by atoms with Crippen molar-refractivity contribution in [3.05, 3.63) is 52.5 Å². The van der Waals surface area contributed by atoms with Crippen molar-refractivity contribution >= 4 is 11.6 Å². The van der Waals surface area contributed by atoms with Gasteiger partial charge in [0.05, 0.1) is 18.7 Å². The zero-order valence-electron chi connectivity index (χ0n) is 13.4. The Hall–Kier alpha value is -1.91. The number of hydrogen-bond acceptors (Lipinski definition) is 4. The molecule has 2 rings (SSSR count). The van der Waals surface area contributed by atoms with E-state index in [9.17, 15) is 5.11 Å². The van der Waals surface area contributed by atoms with E-state index in [1.165, 1.54) is 0 Å². The van der Waals surface area contributed by atoms with E-state index in [1.807, 2.05) is 37.3 Å². The fourth-order valence-electron chi connectivity index (χ4n) is 2.51. The summed E-state index contributed by atoms with van der Waals surface area (Å²) in [5.74, 6) is 1.41. The van der Waals surface area contributed by atoms with E-state index in [1.54, 1.807) is 13.2 Å². The van der Waals surface area contributed by atoms with Gasteiger partial charge in [-0.1, -0.05) is 23.7 Å². The molecular formula is C18H22ClNO3. The normalized spacial score (nSPS) is 12.0. The molecule has 5 heteroatoms. The van der Waals surface area contributed by atoms with E-state index in [-0.39, 0.29) is 11.7 Å². The molecule has 1 unspecified atom stereocenters. The summed E-state index contributed by atoms with van der Waals surface area (Å²) in [5, 5.41) is 10.4. The first-order chi connectivity index (χ1) is 11.1. The van der Waals surface area contributed by atoms with Gasteiger partial charge in [0.15, 0.2) is 11.5 Å². The highest BCUT2D eigenvalue weighted by Crippen LogP contribution is 2.32. The summed E-state index contributed by atoms with van der Waals surface area (Å²) in [5.41, 5.74) is 8.05. The smallest absolute Gasteiger partial charge is 0.161 e. The van der Waals surface area contributed by atoms with Crippen LogP contribution in [-0.4, -0.2) is 25.4 Å². The maximum atomic E-state index is 9.79. The topological polar surface area (TPSA) is 64.7 Å². The van der Waals surface area contributed by atoms with Crippen molar-refractivity contribution in [3.8, 4) is 17.2 Å². The molecule has 23 heavy (non-hydrogen) atoms. The van der Waals surface area contributed by atoms with Gasteiger partial charge >= 0.3 is 0 Å². The van der Waals surface area contributed by atoms with Crippen LogP contribution in [0, 0.1) is 0 Å². The average Bonchev–Trinajstić information content (AvgIpc) is 2.55. The van der Waals surface area contributed by atoms with Gasteiger partial charge in [-0.2, -0.15) is 0 Å². The van der Waals surface area contributed by atoms with Gasteiger partial charge in [-0.3, -0.25) is 0 Å². The summed E-state index contributed by atoms with van der Waals surface area (Å²) >= 11 is 6.20. The SMILES string of the molecule is CCOc1cc(CC(CN)c2ccc(OC)c(Cl)c2)ccc1O. The molecule has 0 radical (unpaired) electrons. The Morgan fingerprint density at radius 1 is 1.17 bits per heavy atom. The number of halogens is 1. The fraction of sp³-hybridized carbons (Fsp3) is 0.333. The van der Waals surface area contributed by atoms with Crippen molar-refractivity contribution in [1.82, 2.24) is 0 Å². The summed E-state index contributed by atoms with van der Waals surface area (Å²) in [7, 11) is 1.59. The number of aromatic hydroxyl groups is 1. The van der Waals surface area contributed by atoms with Gasteiger partial charge in [0.2, 0.25) is 0 Å².